The molecule has 0 N–H and O–H groups in total. The molecule has 2 aromatic heterocycles. The van der Waals surface area contributed by atoms with Gasteiger partial charge >= 0.3 is 5.97 Å². The smallest absolute Gasteiger partial charge is 0.333 e. The molecule has 0 aliphatic carbocycles. The Kier molecular flexibility index (Phi) is 4.40. The van der Waals surface area contributed by atoms with Crippen LogP contribution in [-0.4, -0.2) is 26.7 Å². The lowest BCUT2D eigenvalue weighted by Gasteiger charge is -2.02. The zero-order valence-electron chi connectivity index (χ0n) is 12.0. The van der Waals surface area contributed by atoms with Crippen LogP contribution in [0.25, 0.3) is 6.08 Å². The van der Waals surface area contributed by atoms with Crippen LogP contribution >= 0.6 is 0 Å². The van der Waals surface area contributed by atoms with E-state index < -0.39 is 0 Å². The second-order valence-corrected chi connectivity index (χ2v) is 4.66. The van der Waals surface area contributed by atoms with Crippen molar-refractivity contribution in [2.75, 3.05) is 6.61 Å². The Morgan fingerprint density at radius 3 is 2.95 bits per heavy atom. The molecule has 0 saturated carbocycles. The molecule has 0 fully saturated rings. The number of nitrogens with zero attached hydrogens (tertiary/aromatic N) is 3. The fourth-order valence-electron chi connectivity index (χ4n) is 2.00. The van der Waals surface area contributed by atoms with Crippen molar-refractivity contribution in [1.82, 2.24) is 14.1 Å². The van der Waals surface area contributed by atoms with E-state index in [1.54, 1.807) is 26.4 Å². The minimum Gasteiger partial charge on any atom is -0.463 e. The number of aromatic nitrogens is 3. The summed E-state index contributed by atoms with van der Waals surface area (Å²) in [5, 5.41) is 0. The van der Waals surface area contributed by atoms with Gasteiger partial charge < -0.3 is 13.9 Å². The largest absolute Gasteiger partial charge is 0.463 e. The van der Waals surface area contributed by atoms with Crippen LogP contribution in [0, 0.1) is 0 Å². The highest BCUT2D eigenvalue weighted by Crippen LogP contribution is 2.13. The molecule has 2 heterocycles. The van der Waals surface area contributed by atoms with Gasteiger partial charge in [0.05, 0.1) is 19.5 Å². The molecule has 2 aromatic rings. The number of esters is 1. The Morgan fingerprint density at radius 1 is 1.50 bits per heavy atom. The summed E-state index contributed by atoms with van der Waals surface area (Å²) < 4.78 is 9.02. The first-order valence-corrected chi connectivity index (χ1v) is 6.56. The molecule has 0 spiro atoms. The van der Waals surface area contributed by atoms with Crippen molar-refractivity contribution in [2.45, 2.75) is 20.4 Å². The summed E-state index contributed by atoms with van der Waals surface area (Å²) in [6.07, 6.45) is 9.30. The number of imidazole rings is 1. The van der Waals surface area contributed by atoms with E-state index in [9.17, 15) is 4.79 Å². The van der Waals surface area contributed by atoms with Gasteiger partial charge in [-0.1, -0.05) is 0 Å². The minimum absolute atomic E-state index is 0.271. The lowest BCUT2D eigenvalue weighted by atomic mass is 10.2. The lowest BCUT2D eigenvalue weighted by molar-refractivity contribution is -0.138. The number of hydrogen-bond acceptors (Lipinski definition) is 3. The van der Waals surface area contributed by atoms with Gasteiger partial charge in [-0.05, 0) is 31.6 Å². The molecule has 5 nitrogen and oxygen atoms in total. The second kappa shape index (κ2) is 6.23. The van der Waals surface area contributed by atoms with Gasteiger partial charge in [-0.3, -0.25) is 0 Å². The second-order valence-electron chi connectivity index (χ2n) is 4.66. The summed E-state index contributed by atoms with van der Waals surface area (Å²) >= 11 is 0. The maximum absolute atomic E-state index is 11.6. The third kappa shape index (κ3) is 3.38. The Balaban J connectivity index is 2.14. The van der Waals surface area contributed by atoms with E-state index >= 15 is 0 Å². The van der Waals surface area contributed by atoms with E-state index in [2.05, 4.69) is 11.1 Å². The number of ether oxygens (including phenoxy) is 1. The first-order chi connectivity index (χ1) is 9.60. The van der Waals surface area contributed by atoms with Crippen LogP contribution in [0.3, 0.4) is 0 Å². The number of carbonyl (C=O) groups is 1. The maximum Gasteiger partial charge on any atom is 0.333 e. The fraction of sp³-hybridized carbons (Fsp3) is 0.333. The van der Waals surface area contributed by atoms with Gasteiger partial charge in [-0.2, -0.15) is 0 Å². The van der Waals surface area contributed by atoms with Gasteiger partial charge in [0.15, 0.2) is 0 Å². The van der Waals surface area contributed by atoms with Gasteiger partial charge in [0.2, 0.25) is 0 Å². The molecule has 0 unspecified atom stereocenters. The molecule has 0 radical (unpaired) electrons. The number of carbonyl (C=O) groups excluding carboxylic acids is 1. The molecule has 106 valence electrons. The van der Waals surface area contributed by atoms with Gasteiger partial charge in [0.25, 0.3) is 0 Å². The summed E-state index contributed by atoms with van der Waals surface area (Å²) in [5.41, 5.74) is 2.74. The number of rotatable bonds is 5. The highest BCUT2D eigenvalue weighted by molar-refractivity contribution is 5.92. The predicted molar refractivity (Wildman–Crippen MR) is 77.0 cm³/mol. The van der Waals surface area contributed by atoms with Gasteiger partial charge in [-0.25, -0.2) is 9.78 Å². The van der Waals surface area contributed by atoms with Crippen molar-refractivity contribution in [3.63, 3.8) is 0 Å². The molecule has 0 bridgehead atoms. The average molecular weight is 273 g/mol. The lowest BCUT2D eigenvalue weighted by Crippen LogP contribution is -2.04. The Hall–Kier alpha value is -2.30. The fourth-order valence-corrected chi connectivity index (χ4v) is 2.00. The molecule has 0 atom stereocenters. The first kappa shape index (κ1) is 14.1. The summed E-state index contributed by atoms with van der Waals surface area (Å²) in [4.78, 5) is 15.6. The zero-order valence-corrected chi connectivity index (χ0v) is 12.0. The van der Waals surface area contributed by atoms with Crippen molar-refractivity contribution < 1.29 is 9.53 Å². The Morgan fingerprint density at radius 2 is 2.30 bits per heavy atom. The monoisotopic (exact) mass is 273 g/mol. The summed E-state index contributed by atoms with van der Waals surface area (Å²) in [6, 6.07) is 2.06. The van der Waals surface area contributed by atoms with Crippen molar-refractivity contribution in [1.29, 1.82) is 0 Å². The molecule has 0 aliphatic heterocycles. The average Bonchev–Trinajstić information content (AvgIpc) is 3.01. The topological polar surface area (TPSA) is 49.1 Å². The molecular formula is C15H19N3O2. The van der Waals surface area contributed by atoms with Crippen molar-refractivity contribution in [3.05, 3.63) is 47.8 Å². The van der Waals surface area contributed by atoms with Crippen LogP contribution in [0.4, 0.5) is 0 Å². The Labute approximate surface area is 118 Å². The van der Waals surface area contributed by atoms with Crippen LogP contribution in [0.5, 0.6) is 0 Å². The molecule has 20 heavy (non-hydrogen) atoms. The highest BCUT2D eigenvalue weighted by atomic mass is 16.5. The molecule has 0 aromatic carbocycles. The van der Waals surface area contributed by atoms with Crippen molar-refractivity contribution in [2.24, 2.45) is 7.05 Å². The highest BCUT2D eigenvalue weighted by Gasteiger charge is 2.07. The Bertz CT molecular complexity index is 609. The normalized spacial score (nSPS) is 11.7. The maximum atomic E-state index is 11.6. The molecule has 0 aliphatic rings. The van der Waals surface area contributed by atoms with Crippen LogP contribution < -0.4 is 0 Å². The number of aryl methyl sites for hydroxylation is 1. The van der Waals surface area contributed by atoms with Crippen LogP contribution in [0.1, 0.15) is 25.1 Å². The first-order valence-electron chi connectivity index (χ1n) is 6.56. The van der Waals surface area contributed by atoms with Crippen molar-refractivity contribution >= 4 is 12.0 Å². The molecular weight excluding hydrogens is 254 g/mol. The molecule has 0 amide bonds. The molecule has 0 saturated heterocycles. The van der Waals surface area contributed by atoms with E-state index in [-0.39, 0.29) is 5.97 Å². The number of hydrogen-bond donors (Lipinski definition) is 0. The molecule has 5 heteroatoms. The van der Waals surface area contributed by atoms with E-state index in [4.69, 9.17) is 4.74 Å². The van der Waals surface area contributed by atoms with Crippen LogP contribution in [-0.2, 0) is 23.1 Å². The van der Waals surface area contributed by atoms with Gasteiger partial charge in [0.1, 0.15) is 0 Å². The van der Waals surface area contributed by atoms with E-state index in [1.165, 1.54) is 0 Å². The quantitative estimate of drug-likeness (QED) is 0.620. The van der Waals surface area contributed by atoms with Crippen LogP contribution in [0.15, 0.2) is 36.6 Å². The van der Waals surface area contributed by atoms with Crippen LogP contribution in [0.2, 0.25) is 0 Å². The SMILES string of the molecule is CCOC(=O)/C(C)=C/c1cc(Cn2ccnc2)n(C)c1. The van der Waals surface area contributed by atoms with Gasteiger partial charge in [-0.15, -0.1) is 0 Å². The molecule has 2 rings (SSSR count). The minimum atomic E-state index is -0.271. The summed E-state index contributed by atoms with van der Waals surface area (Å²) in [5.74, 6) is -0.271. The third-order valence-corrected chi connectivity index (χ3v) is 3.01. The standard InChI is InChI=1S/C15H19N3O2/c1-4-20-15(19)12(2)7-13-8-14(17(3)9-13)10-18-6-5-16-11-18/h5-9,11H,4,10H2,1-3H3/b12-7+. The zero-order chi connectivity index (χ0) is 14.5. The summed E-state index contributed by atoms with van der Waals surface area (Å²) in [6.45, 7) is 4.71. The van der Waals surface area contributed by atoms with Crippen molar-refractivity contribution in [3.8, 4) is 0 Å². The predicted octanol–water partition coefficient (Wildman–Crippen LogP) is 2.24. The third-order valence-electron chi connectivity index (χ3n) is 3.01. The van der Waals surface area contributed by atoms with E-state index in [1.807, 2.05) is 34.7 Å². The van der Waals surface area contributed by atoms with E-state index in [0.717, 1.165) is 17.8 Å². The van der Waals surface area contributed by atoms with Gasteiger partial charge in [0, 0.05) is 36.9 Å². The summed E-state index contributed by atoms with van der Waals surface area (Å²) in [7, 11) is 1.99. The van der Waals surface area contributed by atoms with E-state index in [0.29, 0.717) is 12.2 Å².